The highest BCUT2D eigenvalue weighted by molar-refractivity contribution is 7.98. The van der Waals surface area contributed by atoms with Crippen LogP contribution in [0.4, 0.5) is 5.95 Å². The Hall–Kier alpha value is -0.640. The van der Waals surface area contributed by atoms with Crippen LogP contribution in [0.15, 0.2) is 6.20 Å². The van der Waals surface area contributed by atoms with Crippen molar-refractivity contribution in [3.63, 3.8) is 0 Å². The third kappa shape index (κ3) is 5.02. The second-order valence-corrected chi connectivity index (χ2v) is 6.06. The Morgan fingerprint density at radius 1 is 1.41 bits per heavy atom. The molecule has 0 amide bonds. The summed E-state index contributed by atoms with van der Waals surface area (Å²) in [6.45, 7) is 9.76. The molecule has 0 aliphatic rings. The van der Waals surface area contributed by atoms with Gasteiger partial charge in [-0.15, -0.1) is 0 Å². The van der Waals surface area contributed by atoms with Crippen LogP contribution in [-0.2, 0) is 6.54 Å². The van der Waals surface area contributed by atoms with Gasteiger partial charge in [0.2, 0.25) is 5.95 Å². The molecule has 3 nitrogen and oxygen atoms in total. The van der Waals surface area contributed by atoms with Crippen molar-refractivity contribution in [1.29, 1.82) is 0 Å². The van der Waals surface area contributed by atoms with E-state index >= 15 is 0 Å². The van der Waals surface area contributed by atoms with E-state index in [-0.39, 0.29) is 0 Å². The van der Waals surface area contributed by atoms with Crippen LogP contribution in [0.1, 0.15) is 32.9 Å². The Balaban J connectivity index is 2.62. The zero-order valence-electron chi connectivity index (χ0n) is 11.7. The van der Waals surface area contributed by atoms with Gasteiger partial charge in [-0.25, -0.2) is 4.98 Å². The molecule has 1 aromatic rings. The summed E-state index contributed by atoms with van der Waals surface area (Å²) in [4.78, 5) is 4.56. The first-order valence-corrected chi connectivity index (χ1v) is 7.71. The van der Waals surface area contributed by atoms with E-state index in [0.29, 0.717) is 12.0 Å². The SMILES string of the molecule is CSCCC(C)Nc1nc(C)cn1CC(C)C. The second-order valence-electron chi connectivity index (χ2n) is 5.08. The molecule has 1 unspecified atom stereocenters. The summed E-state index contributed by atoms with van der Waals surface area (Å²) in [6.07, 6.45) is 5.45. The maximum absolute atomic E-state index is 4.56. The van der Waals surface area contributed by atoms with Crippen molar-refractivity contribution in [1.82, 2.24) is 9.55 Å². The maximum atomic E-state index is 4.56. The molecule has 1 rings (SSSR count). The van der Waals surface area contributed by atoms with Gasteiger partial charge in [0, 0.05) is 18.8 Å². The fourth-order valence-electron chi connectivity index (χ4n) is 1.78. The predicted octanol–water partition coefficient (Wildman–Crippen LogP) is 3.40. The summed E-state index contributed by atoms with van der Waals surface area (Å²) < 4.78 is 2.23. The number of hydrogen-bond donors (Lipinski definition) is 1. The monoisotopic (exact) mass is 255 g/mol. The molecule has 0 bridgehead atoms. The summed E-state index contributed by atoms with van der Waals surface area (Å²) in [5.74, 6) is 2.85. The molecule has 0 saturated carbocycles. The molecule has 17 heavy (non-hydrogen) atoms. The van der Waals surface area contributed by atoms with Crippen molar-refractivity contribution in [3.8, 4) is 0 Å². The number of aryl methyl sites for hydroxylation is 1. The summed E-state index contributed by atoms with van der Waals surface area (Å²) in [7, 11) is 0. The van der Waals surface area contributed by atoms with Gasteiger partial charge in [0.25, 0.3) is 0 Å². The van der Waals surface area contributed by atoms with Gasteiger partial charge in [-0.3, -0.25) is 0 Å². The van der Waals surface area contributed by atoms with Crippen molar-refractivity contribution in [3.05, 3.63) is 11.9 Å². The molecular formula is C13H25N3S. The van der Waals surface area contributed by atoms with Gasteiger partial charge in [-0.2, -0.15) is 11.8 Å². The largest absolute Gasteiger partial charge is 0.353 e. The van der Waals surface area contributed by atoms with Gasteiger partial charge >= 0.3 is 0 Å². The molecule has 1 atom stereocenters. The van der Waals surface area contributed by atoms with Gasteiger partial charge in [0.15, 0.2) is 0 Å². The number of nitrogens with zero attached hydrogens (tertiary/aromatic N) is 2. The lowest BCUT2D eigenvalue weighted by molar-refractivity contribution is 0.524. The number of imidazole rings is 1. The van der Waals surface area contributed by atoms with Gasteiger partial charge in [0.1, 0.15) is 0 Å². The molecule has 0 saturated heterocycles. The highest BCUT2D eigenvalue weighted by Crippen LogP contribution is 2.14. The molecule has 0 aliphatic heterocycles. The third-order valence-corrected chi connectivity index (χ3v) is 3.23. The minimum absolute atomic E-state index is 0.482. The minimum Gasteiger partial charge on any atom is -0.353 e. The van der Waals surface area contributed by atoms with E-state index in [1.54, 1.807) is 0 Å². The van der Waals surface area contributed by atoms with Crippen LogP contribution in [0.2, 0.25) is 0 Å². The Kier molecular flexibility index (Phi) is 5.89. The first-order valence-electron chi connectivity index (χ1n) is 6.32. The summed E-state index contributed by atoms with van der Waals surface area (Å²) in [5, 5.41) is 3.51. The Labute approximate surface area is 109 Å². The molecule has 98 valence electrons. The lowest BCUT2D eigenvalue weighted by Crippen LogP contribution is -2.19. The zero-order valence-corrected chi connectivity index (χ0v) is 12.5. The van der Waals surface area contributed by atoms with Gasteiger partial charge in [-0.1, -0.05) is 13.8 Å². The van der Waals surface area contributed by atoms with Crippen molar-refractivity contribution < 1.29 is 0 Å². The van der Waals surface area contributed by atoms with E-state index in [2.05, 4.69) is 55.0 Å². The topological polar surface area (TPSA) is 29.9 Å². The lowest BCUT2D eigenvalue weighted by atomic mass is 10.2. The summed E-state index contributed by atoms with van der Waals surface area (Å²) in [6, 6.07) is 0.482. The van der Waals surface area contributed by atoms with E-state index in [0.717, 1.165) is 18.2 Å². The number of thioether (sulfide) groups is 1. The molecule has 0 spiro atoms. The van der Waals surface area contributed by atoms with Crippen LogP contribution in [-0.4, -0.2) is 27.6 Å². The highest BCUT2D eigenvalue weighted by atomic mass is 32.2. The Bertz CT molecular complexity index is 333. The Morgan fingerprint density at radius 3 is 2.71 bits per heavy atom. The summed E-state index contributed by atoms with van der Waals surface area (Å²) >= 11 is 1.89. The van der Waals surface area contributed by atoms with Crippen molar-refractivity contribution >= 4 is 17.7 Å². The molecule has 1 N–H and O–H groups in total. The molecule has 1 heterocycles. The van der Waals surface area contributed by atoms with Crippen molar-refractivity contribution in [2.24, 2.45) is 5.92 Å². The molecule has 0 aliphatic carbocycles. The van der Waals surface area contributed by atoms with Gasteiger partial charge < -0.3 is 9.88 Å². The van der Waals surface area contributed by atoms with Crippen molar-refractivity contribution in [2.45, 2.75) is 46.7 Å². The smallest absolute Gasteiger partial charge is 0.203 e. The standard InChI is InChI=1S/C13H25N3S/c1-10(2)8-16-9-12(4)15-13(16)14-11(3)6-7-17-5/h9-11H,6-8H2,1-5H3,(H,14,15). The number of nitrogens with one attached hydrogen (secondary N) is 1. The molecule has 0 radical (unpaired) electrons. The van der Waals surface area contributed by atoms with E-state index < -0.39 is 0 Å². The number of hydrogen-bond acceptors (Lipinski definition) is 3. The van der Waals surface area contributed by atoms with Crippen LogP contribution in [0.25, 0.3) is 0 Å². The van der Waals surface area contributed by atoms with Crippen LogP contribution in [0, 0.1) is 12.8 Å². The van der Waals surface area contributed by atoms with Crippen LogP contribution in [0.5, 0.6) is 0 Å². The number of anilines is 1. The normalized spacial score (nSPS) is 13.1. The number of rotatable bonds is 7. The lowest BCUT2D eigenvalue weighted by Gasteiger charge is -2.16. The number of aromatic nitrogens is 2. The highest BCUT2D eigenvalue weighted by Gasteiger charge is 2.09. The quantitative estimate of drug-likeness (QED) is 0.810. The molecule has 0 fully saturated rings. The maximum Gasteiger partial charge on any atom is 0.203 e. The minimum atomic E-state index is 0.482. The fourth-order valence-corrected chi connectivity index (χ4v) is 2.37. The van der Waals surface area contributed by atoms with Crippen LogP contribution < -0.4 is 5.32 Å². The summed E-state index contributed by atoms with van der Waals surface area (Å²) in [5.41, 5.74) is 1.09. The van der Waals surface area contributed by atoms with Gasteiger partial charge in [0.05, 0.1) is 5.69 Å². The second kappa shape index (κ2) is 6.94. The third-order valence-electron chi connectivity index (χ3n) is 2.59. The molecular weight excluding hydrogens is 230 g/mol. The zero-order chi connectivity index (χ0) is 12.8. The molecule has 4 heteroatoms. The molecule has 0 aromatic carbocycles. The predicted molar refractivity (Wildman–Crippen MR) is 77.9 cm³/mol. The fraction of sp³-hybridized carbons (Fsp3) is 0.769. The first kappa shape index (κ1) is 14.4. The van der Waals surface area contributed by atoms with Crippen LogP contribution in [0.3, 0.4) is 0 Å². The average Bonchev–Trinajstić information content (AvgIpc) is 2.55. The van der Waals surface area contributed by atoms with E-state index in [1.807, 2.05) is 11.8 Å². The first-order chi connectivity index (χ1) is 8.02. The van der Waals surface area contributed by atoms with Crippen LogP contribution >= 0.6 is 11.8 Å². The Morgan fingerprint density at radius 2 is 2.12 bits per heavy atom. The van der Waals surface area contributed by atoms with Gasteiger partial charge in [-0.05, 0) is 38.2 Å². The average molecular weight is 255 g/mol. The van der Waals surface area contributed by atoms with E-state index in [9.17, 15) is 0 Å². The van der Waals surface area contributed by atoms with E-state index in [1.165, 1.54) is 12.2 Å². The van der Waals surface area contributed by atoms with E-state index in [4.69, 9.17) is 0 Å². The van der Waals surface area contributed by atoms with Crippen molar-refractivity contribution in [2.75, 3.05) is 17.3 Å². The molecule has 1 aromatic heterocycles.